The van der Waals surface area contributed by atoms with Gasteiger partial charge in [0.05, 0.1) is 11.3 Å². The zero-order chi connectivity index (χ0) is 18.4. The van der Waals surface area contributed by atoms with Gasteiger partial charge in [0.2, 0.25) is 5.82 Å². The molecule has 128 valence electrons. The number of carbonyl (C=O) groups excluding carboxylic acids is 1. The molecule has 3 aromatic rings. The first kappa shape index (κ1) is 16.9. The Kier molecular flexibility index (Phi) is 5.00. The van der Waals surface area contributed by atoms with Crippen molar-refractivity contribution in [2.45, 2.75) is 6.92 Å². The molecular formula is C18H14N6O2. The maximum absolute atomic E-state index is 12.5. The number of allylic oxidation sites excluding steroid dienone is 1. The topological polar surface area (TPSA) is 117 Å². The molecule has 2 N–H and O–H groups in total. The number of para-hydroxylation sites is 1. The summed E-state index contributed by atoms with van der Waals surface area (Å²) in [7, 11) is 0. The Bertz CT molecular complexity index is 972. The first-order valence-corrected chi connectivity index (χ1v) is 7.66. The number of carbonyl (C=O) groups is 1. The van der Waals surface area contributed by atoms with E-state index in [1.165, 1.54) is 6.20 Å². The molecule has 0 aliphatic rings. The molecule has 0 unspecified atom stereocenters. The highest BCUT2D eigenvalue weighted by Crippen LogP contribution is 2.20. The standard InChI is InChI=1S/C18H14N6O2/c1-12-6-8-14(9-7-12)26-18(25)15-4-2-3-5-16(15)20-11-13(10-19)17-21-23-24-22-17/h2-9,11,20H,1H3,(H,21,22,23,24). The Hall–Kier alpha value is -3.99. The van der Waals surface area contributed by atoms with Crippen LogP contribution in [0.2, 0.25) is 0 Å². The van der Waals surface area contributed by atoms with Crippen molar-refractivity contribution in [3.05, 3.63) is 71.7 Å². The molecule has 0 spiro atoms. The molecule has 0 aliphatic heterocycles. The van der Waals surface area contributed by atoms with E-state index in [4.69, 9.17) is 4.74 Å². The van der Waals surface area contributed by atoms with E-state index in [0.717, 1.165) is 5.56 Å². The van der Waals surface area contributed by atoms with Crippen LogP contribution in [0.4, 0.5) is 5.69 Å². The van der Waals surface area contributed by atoms with Crippen LogP contribution in [0.5, 0.6) is 5.75 Å². The van der Waals surface area contributed by atoms with Crippen molar-refractivity contribution < 1.29 is 9.53 Å². The molecule has 0 atom stereocenters. The summed E-state index contributed by atoms with van der Waals surface area (Å²) in [4.78, 5) is 12.5. The Labute approximate surface area is 149 Å². The fraction of sp³-hybridized carbons (Fsp3) is 0.0556. The number of ether oxygens (including phenoxy) is 1. The van der Waals surface area contributed by atoms with Gasteiger partial charge in [0.1, 0.15) is 17.4 Å². The number of tetrazole rings is 1. The highest BCUT2D eigenvalue weighted by Gasteiger charge is 2.13. The number of aryl methyl sites for hydroxylation is 1. The van der Waals surface area contributed by atoms with Gasteiger partial charge in [-0.3, -0.25) is 0 Å². The van der Waals surface area contributed by atoms with Gasteiger partial charge >= 0.3 is 5.97 Å². The number of aromatic nitrogens is 4. The van der Waals surface area contributed by atoms with E-state index in [0.29, 0.717) is 17.0 Å². The number of H-pyrrole nitrogens is 1. The molecule has 0 amide bonds. The largest absolute Gasteiger partial charge is 0.423 e. The van der Waals surface area contributed by atoms with Crippen LogP contribution in [0.1, 0.15) is 21.7 Å². The molecule has 26 heavy (non-hydrogen) atoms. The Balaban J connectivity index is 1.80. The minimum Gasteiger partial charge on any atom is -0.423 e. The lowest BCUT2D eigenvalue weighted by molar-refractivity contribution is 0.0736. The van der Waals surface area contributed by atoms with E-state index >= 15 is 0 Å². The quantitative estimate of drug-likeness (QED) is 0.414. The van der Waals surface area contributed by atoms with E-state index < -0.39 is 5.97 Å². The molecule has 3 rings (SSSR count). The average Bonchev–Trinajstić information content (AvgIpc) is 3.19. The van der Waals surface area contributed by atoms with Crippen molar-refractivity contribution in [2.24, 2.45) is 0 Å². The van der Waals surface area contributed by atoms with E-state index in [2.05, 4.69) is 25.9 Å². The van der Waals surface area contributed by atoms with Crippen molar-refractivity contribution in [1.29, 1.82) is 5.26 Å². The average molecular weight is 346 g/mol. The number of anilines is 1. The predicted octanol–water partition coefficient (Wildman–Crippen LogP) is 2.70. The van der Waals surface area contributed by atoms with Crippen LogP contribution in [-0.4, -0.2) is 26.6 Å². The highest BCUT2D eigenvalue weighted by molar-refractivity contribution is 5.97. The maximum Gasteiger partial charge on any atom is 0.345 e. The minimum absolute atomic E-state index is 0.153. The molecule has 0 saturated heterocycles. The molecule has 0 saturated carbocycles. The summed E-state index contributed by atoms with van der Waals surface area (Å²) < 4.78 is 5.40. The lowest BCUT2D eigenvalue weighted by Crippen LogP contribution is -2.11. The number of rotatable bonds is 5. The third-order valence-electron chi connectivity index (χ3n) is 3.46. The van der Waals surface area contributed by atoms with Crippen LogP contribution < -0.4 is 10.1 Å². The summed E-state index contributed by atoms with van der Waals surface area (Å²) in [5, 5.41) is 25.3. The predicted molar refractivity (Wildman–Crippen MR) is 94.0 cm³/mol. The number of aromatic amines is 1. The Morgan fingerprint density at radius 1 is 1.23 bits per heavy atom. The summed E-state index contributed by atoms with van der Waals surface area (Å²) in [6.45, 7) is 1.95. The van der Waals surface area contributed by atoms with Crippen LogP contribution in [0.3, 0.4) is 0 Å². The fourth-order valence-electron chi connectivity index (χ4n) is 2.13. The first-order valence-electron chi connectivity index (χ1n) is 7.66. The number of nitrogens with one attached hydrogen (secondary N) is 2. The third kappa shape index (κ3) is 3.91. The summed E-state index contributed by atoms with van der Waals surface area (Å²) in [6, 6.07) is 16.0. The maximum atomic E-state index is 12.5. The number of hydrogen-bond donors (Lipinski definition) is 2. The van der Waals surface area contributed by atoms with Crippen LogP contribution in [0.15, 0.2) is 54.7 Å². The third-order valence-corrected chi connectivity index (χ3v) is 3.46. The molecule has 8 heteroatoms. The monoisotopic (exact) mass is 346 g/mol. The van der Waals surface area contributed by atoms with Gasteiger partial charge in [-0.1, -0.05) is 29.8 Å². The van der Waals surface area contributed by atoms with E-state index in [1.807, 2.05) is 25.1 Å². The van der Waals surface area contributed by atoms with Crippen molar-refractivity contribution in [2.75, 3.05) is 5.32 Å². The molecular weight excluding hydrogens is 332 g/mol. The first-order chi connectivity index (χ1) is 12.7. The second-order valence-electron chi connectivity index (χ2n) is 5.30. The van der Waals surface area contributed by atoms with Gasteiger partial charge in [0.15, 0.2) is 0 Å². The van der Waals surface area contributed by atoms with Gasteiger partial charge in [0.25, 0.3) is 0 Å². The zero-order valence-corrected chi connectivity index (χ0v) is 13.8. The van der Waals surface area contributed by atoms with Gasteiger partial charge in [-0.25, -0.2) is 4.79 Å². The molecule has 1 aromatic heterocycles. The second-order valence-corrected chi connectivity index (χ2v) is 5.30. The molecule has 8 nitrogen and oxygen atoms in total. The van der Waals surface area contributed by atoms with Crippen molar-refractivity contribution in [3.8, 4) is 11.8 Å². The van der Waals surface area contributed by atoms with Crippen LogP contribution in [0, 0.1) is 18.3 Å². The molecule has 2 aromatic carbocycles. The SMILES string of the molecule is Cc1ccc(OC(=O)c2ccccc2NC=C(C#N)c2nn[nH]n2)cc1. The normalized spacial score (nSPS) is 10.8. The minimum atomic E-state index is -0.511. The highest BCUT2D eigenvalue weighted by atomic mass is 16.5. The molecule has 0 radical (unpaired) electrons. The number of hydrogen-bond acceptors (Lipinski definition) is 7. The zero-order valence-electron chi connectivity index (χ0n) is 13.8. The fourth-order valence-corrected chi connectivity index (χ4v) is 2.13. The van der Waals surface area contributed by atoms with Gasteiger partial charge in [0, 0.05) is 6.20 Å². The molecule has 0 aliphatic carbocycles. The lowest BCUT2D eigenvalue weighted by atomic mass is 10.1. The van der Waals surface area contributed by atoms with E-state index in [1.54, 1.807) is 36.4 Å². The number of esters is 1. The van der Waals surface area contributed by atoms with Crippen molar-refractivity contribution in [3.63, 3.8) is 0 Å². The number of nitriles is 1. The van der Waals surface area contributed by atoms with Crippen LogP contribution in [-0.2, 0) is 0 Å². The van der Waals surface area contributed by atoms with E-state index in [-0.39, 0.29) is 11.4 Å². The van der Waals surface area contributed by atoms with Gasteiger partial charge in [-0.05, 0) is 36.4 Å². The Morgan fingerprint density at radius 2 is 2.00 bits per heavy atom. The van der Waals surface area contributed by atoms with Gasteiger partial charge < -0.3 is 10.1 Å². The Morgan fingerprint density at radius 3 is 2.69 bits per heavy atom. The van der Waals surface area contributed by atoms with E-state index in [9.17, 15) is 10.1 Å². The lowest BCUT2D eigenvalue weighted by Gasteiger charge is -2.09. The van der Waals surface area contributed by atoms with Gasteiger partial charge in [-0.2, -0.15) is 10.5 Å². The summed E-state index contributed by atoms with van der Waals surface area (Å²) in [6.07, 6.45) is 1.41. The molecule has 0 bridgehead atoms. The summed E-state index contributed by atoms with van der Waals surface area (Å²) >= 11 is 0. The number of nitrogens with zero attached hydrogens (tertiary/aromatic N) is 4. The van der Waals surface area contributed by atoms with Gasteiger partial charge in [-0.15, -0.1) is 10.2 Å². The molecule has 1 heterocycles. The summed E-state index contributed by atoms with van der Waals surface area (Å²) in [5.74, 6) is 0.0959. The second kappa shape index (κ2) is 7.72. The summed E-state index contributed by atoms with van der Waals surface area (Å²) in [5.41, 5.74) is 2.05. The van der Waals surface area contributed by atoms with Crippen molar-refractivity contribution in [1.82, 2.24) is 20.6 Å². The number of benzene rings is 2. The molecule has 0 fully saturated rings. The van der Waals surface area contributed by atoms with Crippen LogP contribution in [0.25, 0.3) is 5.57 Å². The van der Waals surface area contributed by atoms with Crippen molar-refractivity contribution >= 4 is 17.2 Å². The van der Waals surface area contributed by atoms with Crippen LogP contribution >= 0.6 is 0 Å². The smallest absolute Gasteiger partial charge is 0.345 e.